The van der Waals surface area contributed by atoms with Gasteiger partial charge in [0.15, 0.2) is 0 Å². The highest BCUT2D eigenvalue weighted by Gasteiger charge is 2.51. The van der Waals surface area contributed by atoms with Crippen molar-refractivity contribution in [1.29, 1.82) is 0 Å². The molecule has 2 aliphatic rings. The smallest absolute Gasteiger partial charge is 0.243 e. The second-order valence-electron chi connectivity index (χ2n) is 8.25. The van der Waals surface area contributed by atoms with Crippen LogP contribution in [0.3, 0.4) is 0 Å². The van der Waals surface area contributed by atoms with E-state index in [9.17, 15) is 14.4 Å². The van der Waals surface area contributed by atoms with Crippen LogP contribution in [0.2, 0.25) is 10.0 Å². The first-order valence-corrected chi connectivity index (χ1v) is 10.7. The Hall–Kier alpha value is -1.85. The van der Waals surface area contributed by atoms with E-state index in [1.165, 1.54) is 4.90 Å². The molecule has 1 saturated heterocycles. The summed E-state index contributed by atoms with van der Waals surface area (Å²) in [5.74, 6) is -1.33. The summed E-state index contributed by atoms with van der Waals surface area (Å²) in [6, 6.07) is 4.02. The lowest BCUT2D eigenvalue weighted by molar-refractivity contribution is -0.148. The average Bonchev–Trinajstić information content (AvgIpc) is 2.92. The third-order valence-electron chi connectivity index (χ3n) is 5.65. The standard InChI is InChI=1S/C22H26Cl2N2O3/c1-12(2)10-19(26-21(28)15-6-4-5-7-16(15)22(26)29)20(27)25-13(3)14-8-9-17(23)18(24)11-14/h4-5,8-9,11-13,15-16,19H,6-7,10H2,1-3H3,(H,25,27). The van der Waals surface area contributed by atoms with Gasteiger partial charge in [-0.05, 0) is 49.8 Å². The predicted octanol–water partition coefficient (Wildman–Crippen LogP) is 4.54. The molecular weight excluding hydrogens is 411 g/mol. The number of halogens is 2. The van der Waals surface area contributed by atoms with Gasteiger partial charge in [0.05, 0.1) is 27.9 Å². The molecule has 0 bridgehead atoms. The quantitative estimate of drug-likeness (QED) is 0.525. The van der Waals surface area contributed by atoms with Gasteiger partial charge >= 0.3 is 0 Å². The lowest BCUT2D eigenvalue weighted by atomic mass is 9.85. The summed E-state index contributed by atoms with van der Waals surface area (Å²) in [4.78, 5) is 40.3. The van der Waals surface area contributed by atoms with E-state index >= 15 is 0 Å². The highest BCUT2D eigenvalue weighted by molar-refractivity contribution is 6.42. The first kappa shape index (κ1) is 21.8. The average molecular weight is 437 g/mol. The monoisotopic (exact) mass is 436 g/mol. The number of nitrogens with zero attached hydrogens (tertiary/aromatic N) is 1. The molecule has 4 atom stereocenters. The fourth-order valence-corrected chi connectivity index (χ4v) is 4.39. The van der Waals surface area contributed by atoms with Crippen molar-refractivity contribution in [2.45, 2.75) is 52.1 Å². The number of carbonyl (C=O) groups excluding carboxylic acids is 3. The molecule has 0 radical (unpaired) electrons. The molecule has 3 rings (SSSR count). The summed E-state index contributed by atoms with van der Waals surface area (Å²) in [6.45, 7) is 5.78. The molecule has 3 amide bonds. The molecule has 1 aromatic carbocycles. The third-order valence-corrected chi connectivity index (χ3v) is 6.39. The van der Waals surface area contributed by atoms with Gasteiger partial charge in [-0.2, -0.15) is 0 Å². The SMILES string of the molecule is CC(C)CC(C(=O)NC(C)c1ccc(Cl)c(Cl)c1)N1C(=O)C2CC=CCC2C1=O. The zero-order chi connectivity index (χ0) is 21.3. The fourth-order valence-electron chi connectivity index (χ4n) is 4.08. The van der Waals surface area contributed by atoms with E-state index in [2.05, 4.69) is 5.32 Å². The first-order chi connectivity index (χ1) is 13.7. The summed E-state index contributed by atoms with van der Waals surface area (Å²) in [5, 5.41) is 3.79. The van der Waals surface area contributed by atoms with Gasteiger partial charge in [-0.3, -0.25) is 19.3 Å². The van der Waals surface area contributed by atoms with Crippen LogP contribution in [0.5, 0.6) is 0 Å². The van der Waals surface area contributed by atoms with Crippen molar-refractivity contribution in [2.24, 2.45) is 17.8 Å². The maximum Gasteiger partial charge on any atom is 0.243 e. The molecule has 1 aromatic rings. The van der Waals surface area contributed by atoms with Crippen LogP contribution in [0.4, 0.5) is 0 Å². The van der Waals surface area contributed by atoms with E-state index in [-0.39, 0.29) is 41.5 Å². The van der Waals surface area contributed by atoms with Crippen molar-refractivity contribution >= 4 is 40.9 Å². The number of fused-ring (bicyclic) bond motifs is 1. The van der Waals surface area contributed by atoms with Gasteiger partial charge in [-0.1, -0.05) is 55.3 Å². The Morgan fingerprint density at radius 3 is 2.17 bits per heavy atom. The van der Waals surface area contributed by atoms with Crippen LogP contribution in [0.15, 0.2) is 30.4 Å². The maximum atomic E-state index is 13.2. The van der Waals surface area contributed by atoms with Gasteiger partial charge in [0.2, 0.25) is 17.7 Å². The molecule has 1 aliphatic carbocycles. The number of imide groups is 1. The van der Waals surface area contributed by atoms with E-state index in [0.717, 1.165) is 5.56 Å². The topological polar surface area (TPSA) is 66.5 Å². The van der Waals surface area contributed by atoms with E-state index in [1.807, 2.05) is 32.9 Å². The summed E-state index contributed by atoms with van der Waals surface area (Å²) in [5.41, 5.74) is 0.799. The largest absolute Gasteiger partial charge is 0.348 e. The van der Waals surface area contributed by atoms with Gasteiger partial charge in [0, 0.05) is 0 Å². The molecule has 0 saturated carbocycles. The highest BCUT2D eigenvalue weighted by atomic mass is 35.5. The number of benzene rings is 1. The number of rotatable bonds is 6. The molecule has 0 aromatic heterocycles. The predicted molar refractivity (Wildman–Crippen MR) is 113 cm³/mol. The van der Waals surface area contributed by atoms with Gasteiger partial charge in [0.25, 0.3) is 0 Å². The lowest BCUT2D eigenvalue weighted by Gasteiger charge is -2.28. The van der Waals surface area contributed by atoms with Gasteiger partial charge in [-0.25, -0.2) is 0 Å². The number of hydrogen-bond donors (Lipinski definition) is 1. The summed E-state index contributed by atoms with van der Waals surface area (Å²) < 4.78 is 0. The Bertz CT molecular complexity index is 826. The van der Waals surface area contributed by atoms with Gasteiger partial charge in [-0.15, -0.1) is 0 Å². The Balaban J connectivity index is 1.81. The molecule has 1 fully saturated rings. The van der Waals surface area contributed by atoms with Crippen LogP contribution >= 0.6 is 23.2 Å². The molecule has 4 unspecified atom stereocenters. The highest BCUT2D eigenvalue weighted by Crippen LogP contribution is 2.37. The van der Waals surface area contributed by atoms with Crippen LogP contribution in [0, 0.1) is 17.8 Å². The third kappa shape index (κ3) is 4.51. The first-order valence-electron chi connectivity index (χ1n) is 9.98. The molecule has 29 heavy (non-hydrogen) atoms. The van der Waals surface area contributed by atoms with Crippen molar-refractivity contribution < 1.29 is 14.4 Å². The molecule has 1 aliphatic heterocycles. The molecule has 7 heteroatoms. The zero-order valence-corrected chi connectivity index (χ0v) is 18.3. The van der Waals surface area contributed by atoms with Crippen LogP contribution in [-0.2, 0) is 14.4 Å². The van der Waals surface area contributed by atoms with E-state index in [0.29, 0.717) is 29.3 Å². The molecule has 1 N–H and O–H groups in total. The minimum Gasteiger partial charge on any atom is -0.348 e. The summed E-state index contributed by atoms with van der Waals surface area (Å²) in [7, 11) is 0. The molecule has 156 valence electrons. The van der Waals surface area contributed by atoms with Crippen LogP contribution in [0.1, 0.15) is 51.6 Å². The normalized spacial score (nSPS) is 23.3. The van der Waals surface area contributed by atoms with E-state index in [1.54, 1.807) is 18.2 Å². The Labute approximate surface area is 181 Å². The zero-order valence-electron chi connectivity index (χ0n) is 16.8. The summed E-state index contributed by atoms with van der Waals surface area (Å²) >= 11 is 12.1. The second-order valence-corrected chi connectivity index (χ2v) is 9.07. The van der Waals surface area contributed by atoms with Crippen molar-refractivity contribution in [3.8, 4) is 0 Å². The number of likely N-dealkylation sites (tertiary alicyclic amines) is 1. The number of allylic oxidation sites excluding steroid dienone is 2. The lowest BCUT2D eigenvalue weighted by Crippen LogP contribution is -2.51. The van der Waals surface area contributed by atoms with Crippen molar-refractivity contribution in [3.05, 3.63) is 46.0 Å². The fraction of sp³-hybridized carbons (Fsp3) is 0.500. The van der Waals surface area contributed by atoms with E-state index < -0.39 is 6.04 Å². The number of hydrogen-bond acceptors (Lipinski definition) is 3. The van der Waals surface area contributed by atoms with Crippen LogP contribution < -0.4 is 5.32 Å². The number of carbonyl (C=O) groups is 3. The Morgan fingerprint density at radius 2 is 1.66 bits per heavy atom. The van der Waals surface area contributed by atoms with E-state index in [4.69, 9.17) is 23.2 Å². The van der Waals surface area contributed by atoms with Crippen molar-refractivity contribution in [2.75, 3.05) is 0 Å². The Morgan fingerprint density at radius 1 is 1.07 bits per heavy atom. The minimum absolute atomic E-state index is 0.146. The molecule has 1 heterocycles. The summed E-state index contributed by atoms with van der Waals surface area (Å²) in [6.07, 6.45) is 5.42. The number of amides is 3. The number of nitrogens with one attached hydrogen (secondary N) is 1. The van der Waals surface area contributed by atoms with Crippen LogP contribution in [-0.4, -0.2) is 28.7 Å². The Kier molecular flexibility index (Phi) is 6.69. The second kappa shape index (κ2) is 8.88. The van der Waals surface area contributed by atoms with Gasteiger partial charge in [0.1, 0.15) is 6.04 Å². The molecule has 5 nitrogen and oxygen atoms in total. The van der Waals surface area contributed by atoms with Crippen molar-refractivity contribution in [3.63, 3.8) is 0 Å². The molecule has 0 spiro atoms. The van der Waals surface area contributed by atoms with Crippen LogP contribution in [0.25, 0.3) is 0 Å². The molecular formula is C22H26Cl2N2O3. The maximum absolute atomic E-state index is 13.2. The minimum atomic E-state index is -0.814. The van der Waals surface area contributed by atoms with Crippen molar-refractivity contribution in [1.82, 2.24) is 10.2 Å². The van der Waals surface area contributed by atoms with Gasteiger partial charge < -0.3 is 5.32 Å².